The van der Waals surface area contributed by atoms with E-state index in [1.807, 2.05) is 0 Å². The molecule has 0 unspecified atom stereocenters. The van der Waals surface area contributed by atoms with E-state index >= 15 is 0 Å². The van der Waals surface area contributed by atoms with Gasteiger partial charge in [-0.1, -0.05) is 0 Å². The number of nitrogens with one attached hydrogen (secondary N) is 2. The number of aromatic nitrogens is 2. The maximum atomic E-state index is 14.5. The number of nitrogens with zero attached hydrogens (tertiary/aromatic N) is 4. The van der Waals surface area contributed by atoms with Gasteiger partial charge < -0.3 is 35.8 Å². The lowest BCUT2D eigenvalue weighted by Crippen LogP contribution is -2.48. The van der Waals surface area contributed by atoms with Gasteiger partial charge in [0.15, 0.2) is 28.9 Å². The van der Waals surface area contributed by atoms with Gasteiger partial charge in [0, 0.05) is 57.1 Å². The molecule has 1 fully saturated rings. The summed E-state index contributed by atoms with van der Waals surface area (Å²) < 4.78 is 44.2. The second-order valence-corrected chi connectivity index (χ2v) is 8.01. The summed E-state index contributed by atoms with van der Waals surface area (Å²) in [5, 5.41) is 20.0. The molecule has 36 heavy (non-hydrogen) atoms. The molecular weight excluding hydrogens is 476 g/mol. The van der Waals surface area contributed by atoms with E-state index in [0.29, 0.717) is 18.8 Å². The molecule has 0 radical (unpaired) electrons. The number of β-amino-alcohol motifs (C(OH)–C–C–N with tert-alkyl or cyclic N) is 1. The summed E-state index contributed by atoms with van der Waals surface area (Å²) in [6.45, 7) is 4.13. The van der Waals surface area contributed by atoms with E-state index in [2.05, 4.69) is 25.1 Å². The van der Waals surface area contributed by atoms with Gasteiger partial charge in [0.05, 0.1) is 38.8 Å². The van der Waals surface area contributed by atoms with Gasteiger partial charge >= 0.3 is 0 Å². The summed E-state index contributed by atoms with van der Waals surface area (Å²) in [4.78, 5) is 12.5. The highest BCUT2D eigenvalue weighted by Gasteiger charge is 2.21. The molecule has 0 aliphatic carbocycles. The first-order valence-electron chi connectivity index (χ1n) is 11.3. The number of hydrogen-bond acceptors (Lipinski definition) is 11. The van der Waals surface area contributed by atoms with Crippen molar-refractivity contribution < 1.29 is 28.1 Å². The predicted octanol–water partition coefficient (Wildman–Crippen LogP) is 1.19. The highest BCUT2D eigenvalue weighted by Crippen LogP contribution is 2.31. The normalized spacial score (nSPS) is 15.0. The number of ether oxygens (including phenoxy) is 3. The molecule has 2 heterocycles. The van der Waals surface area contributed by atoms with Gasteiger partial charge in [-0.3, -0.25) is 9.80 Å². The van der Waals surface area contributed by atoms with Crippen LogP contribution in [0.25, 0.3) is 0 Å². The quantitative estimate of drug-likeness (QED) is 0.310. The first kappa shape index (κ1) is 27.0. The first-order chi connectivity index (χ1) is 17.3. The number of aliphatic hydroxyl groups is 1. The molecule has 0 bridgehead atoms. The van der Waals surface area contributed by atoms with Crippen LogP contribution in [0.3, 0.4) is 0 Å². The van der Waals surface area contributed by atoms with E-state index < -0.39 is 18.2 Å². The SMILES string of the molecule is COc1cc(OC)c(F)c(COc2cnc(N/C(N)=C/C(=N)CN3CCN(CCO)CC3)nc2)c1F. The molecular formula is C23H31F2N7O4. The number of halogens is 2. The van der Waals surface area contributed by atoms with Gasteiger partial charge in [-0.2, -0.15) is 0 Å². The molecule has 0 spiro atoms. The lowest BCUT2D eigenvalue weighted by atomic mass is 10.1. The Kier molecular flexibility index (Phi) is 9.73. The fourth-order valence-electron chi connectivity index (χ4n) is 3.63. The van der Waals surface area contributed by atoms with Crippen molar-refractivity contribution in [2.45, 2.75) is 6.61 Å². The van der Waals surface area contributed by atoms with Crippen molar-refractivity contribution in [3.8, 4) is 17.2 Å². The fraction of sp³-hybridized carbons (Fsp3) is 0.435. The number of aliphatic hydroxyl groups excluding tert-OH is 1. The topological polar surface area (TPSA) is 142 Å². The second-order valence-electron chi connectivity index (χ2n) is 8.01. The van der Waals surface area contributed by atoms with E-state index in [0.717, 1.165) is 32.2 Å². The Bertz CT molecular complexity index is 1030. The zero-order valence-corrected chi connectivity index (χ0v) is 20.3. The van der Waals surface area contributed by atoms with Gasteiger partial charge in [-0.25, -0.2) is 18.7 Å². The van der Waals surface area contributed by atoms with Crippen molar-refractivity contribution >= 4 is 11.7 Å². The van der Waals surface area contributed by atoms with Crippen LogP contribution in [-0.4, -0.2) is 90.7 Å². The number of benzene rings is 1. The van der Waals surface area contributed by atoms with Gasteiger partial charge in [-0.15, -0.1) is 0 Å². The third-order valence-electron chi connectivity index (χ3n) is 5.54. The summed E-state index contributed by atoms with van der Waals surface area (Å²) in [5.74, 6) is -1.57. The highest BCUT2D eigenvalue weighted by atomic mass is 19.1. The molecule has 196 valence electrons. The van der Waals surface area contributed by atoms with Crippen molar-refractivity contribution in [3.05, 3.63) is 47.6 Å². The lowest BCUT2D eigenvalue weighted by Gasteiger charge is -2.34. The maximum Gasteiger partial charge on any atom is 0.228 e. The summed E-state index contributed by atoms with van der Waals surface area (Å²) in [6, 6.07) is 1.12. The van der Waals surface area contributed by atoms with Crippen LogP contribution < -0.4 is 25.3 Å². The Hall–Kier alpha value is -3.55. The number of hydrogen-bond donors (Lipinski definition) is 4. The third-order valence-corrected chi connectivity index (χ3v) is 5.54. The molecule has 13 heteroatoms. The van der Waals surface area contributed by atoms with Crippen molar-refractivity contribution in [2.24, 2.45) is 5.73 Å². The zero-order chi connectivity index (χ0) is 26.1. The standard InChI is InChI=1S/C23H31F2N7O4/c1-34-18-10-19(35-2)22(25)17(21(18)24)14-36-16-11-28-23(29-12-16)30-20(27)9-15(26)13-32-5-3-31(4-6-32)7-8-33/h9-12,26,33H,3-8,13-14,27H2,1-2H3,(H,28,29,30)/b20-9+,26-15?. The molecule has 1 aromatic heterocycles. The Morgan fingerprint density at radius 1 is 1.11 bits per heavy atom. The first-order valence-corrected chi connectivity index (χ1v) is 11.3. The van der Waals surface area contributed by atoms with E-state index in [1.54, 1.807) is 0 Å². The van der Waals surface area contributed by atoms with Crippen LogP contribution in [0.1, 0.15) is 5.56 Å². The average Bonchev–Trinajstić information content (AvgIpc) is 2.86. The van der Waals surface area contributed by atoms with Gasteiger partial charge in [0.2, 0.25) is 5.95 Å². The summed E-state index contributed by atoms with van der Waals surface area (Å²) >= 11 is 0. The number of methoxy groups -OCH3 is 2. The van der Waals surface area contributed by atoms with Crippen LogP contribution >= 0.6 is 0 Å². The molecule has 5 N–H and O–H groups in total. The Morgan fingerprint density at radius 2 is 1.69 bits per heavy atom. The molecule has 2 aromatic rings. The number of piperazine rings is 1. The highest BCUT2D eigenvalue weighted by molar-refractivity contribution is 5.94. The second kappa shape index (κ2) is 13.0. The van der Waals surface area contributed by atoms with E-state index in [-0.39, 0.29) is 41.2 Å². The van der Waals surface area contributed by atoms with Crippen LogP contribution in [0.15, 0.2) is 30.4 Å². The Labute approximate surface area is 208 Å². The Morgan fingerprint density at radius 3 is 2.25 bits per heavy atom. The number of rotatable bonds is 12. The van der Waals surface area contributed by atoms with Crippen molar-refractivity contribution in [1.82, 2.24) is 19.8 Å². The maximum absolute atomic E-state index is 14.5. The van der Waals surface area contributed by atoms with Crippen molar-refractivity contribution in [3.63, 3.8) is 0 Å². The molecule has 11 nitrogen and oxygen atoms in total. The predicted molar refractivity (Wildman–Crippen MR) is 129 cm³/mol. The van der Waals surface area contributed by atoms with Crippen LogP contribution in [0.2, 0.25) is 0 Å². The van der Waals surface area contributed by atoms with E-state index in [4.69, 9.17) is 30.5 Å². The zero-order valence-electron chi connectivity index (χ0n) is 20.3. The van der Waals surface area contributed by atoms with Crippen LogP contribution in [0.4, 0.5) is 14.7 Å². The molecule has 1 aliphatic rings. The number of anilines is 1. The molecule has 1 aromatic carbocycles. The summed E-state index contributed by atoms with van der Waals surface area (Å²) in [7, 11) is 2.53. The van der Waals surface area contributed by atoms with Gasteiger partial charge in [0.1, 0.15) is 12.4 Å². The fourth-order valence-corrected chi connectivity index (χ4v) is 3.63. The Balaban J connectivity index is 1.52. The minimum absolute atomic E-state index is 0.143. The summed E-state index contributed by atoms with van der Waals surface area (Å²) in [6.07, 6.45) is 4.15. The molecule has 0 amide bonds. The van der Waals surface area contributed by atoms with Crippen molar-refractivity contribution in [1.29, 1.82) is 5.41 Å². The summed E-state index contributed by atoms with van der Waals surface area (Å²) in [5.41, 5.74) is 5.94. The molecule has 1 saturated heterocycles. The molecule has 1 aliphatic heterocycles. The smallest absolute Gasteiger partial charge is 0.228 e. The van der Waals surface area contributed by atoms with E-state index in [1.165, 1.54) is 32.7 Å². The minimum Gasteiger partial charge on any atom is -0.494 e. The minimum atomic E-state index is -0.887. The van der Waals surface area contributed by atoms with Crippen LogP contribution in [0, 0.1) is 17.0 Å². The third kappa shape index (κ3) is 7.23. The molecule has 3 rings (SSSR count). The van der Waals surface area contributed by atoms with Crippen LogP contribution in [-0.2, 0) is 6.61 Å². The largest absolute Gasteiger partial charge is 0.494 e. The molecule has 0 saturated carbocycles. The van der Waals surface area contributed by atoms with E-state index in [9.17, 15) is 8.78 Å². The number of nitrogens with two attached hydrogens (primary N) is 1. The monoisotopic (exact) mass is 507 g/mol. The lowest BCUT2D eigenvalue weighted by molar-refractivity contribution is 0.122. The van der Waals surface area contributed by atoms with Crippen molar-refractivity contribution in [2.75, 3.05) is 65.4 Å². The van der Waals surface area contributed by atoms with Crippen LogP contribution in [0.5, 0.6) is 17.2 Å². The van der Waals surface area contributed by atoms with Gasteiger partial charge in [-0.05, 0) is 0 Å². The average molecular weight is 508 g/mol. The van der Waals surface area contributed by atoms with Gasteiger partial charge in [0.25, 0.3) is 0 Å². The molecule has 0 atom stereocenters.